The molecule has 0 spiro atoms. The largest absolute Gasteiger partial charge is 0.493 e. The van der Waals surface area contributed by atoms with E-state index in [-0.39, 0.29) is 5.91 Å². The minimum absolute atomic E-state index is 0.269. The van der Waals surface area contributed by atoms with Crippen LogP contribution in [0.1, 0.15) is 37.7 Å². The van der Waals surface area contributed by atoms with Gasteiger partial charge in [-0.3, -0.25) is 10.1 Å². The number of carbonyl (C=O) groups excluding carboxylic acids is 1. The first kappa shape index (κ1) is 20.0. The van der Waals surface area contributed by atoms with Crippen molar-refractivity contribution in [2.45, 2.75) is 32.1 Å². The first-order valence-corrected chi connectivity index (χ1v) is 9.20. The van der Waals surface area contributed by atoms with Crippen molar-refractivity contribution in [1.29, 1.82) is 0 Å². The van der Waals surface area contributed by atoms with Crippen LogP contribution in [0.25, 0.3) is 6.08 Å². The van der Waals surface area contributed by atoms with E-state index in [9.17, 15) is 4.79 Å². The van der Waals surface area contributed by atoms with E-state index in [2.05, 4.69) is 16.7 Å². The molecule has 26 heavy (non-hydrogen) atoms. The molecule has 1 aromatic rings. The van der Waals surface area contributed by atoms with Gasteiger partial charge in [0.15, 0.2) is 16.6 Å². The summed E-state index contributed by atoms with van der Waals surface area (Å²) in [5.74, 6) is 0.992. The van der Waals surface area contributed by atoms with Crippen molar-refractivity contribution in [3.8, 4) is 11.5 Å². The minimum Gasteiger partial charge on any atom is -0.493 e. The van der Waals surface area contributed by atoms with Crippen molar-refractivity contribution in [3.05, 3.63) is 41.5 Å². The molecule has 0 aromatic heterocycles. The first-order chi connectivity index (χ1) is 12.6. The Morgan fingerprint density at radius 1 is 1.23 bits per heavy atom. The average molecular weight is 375 g/mol. The van der Waals surface area contributed by atoms with Crippen LogP contribution < -0.4 is 20.1 Å². The smallest absolute Gasteiger partial charge is 0.250 e. The number of benzene rings is 1. The molecule has 6 heteroatoms. The van der Waals surface area contributed by atoms with Crippen LogP contribution in [0.3, 0.4) is 0 Å². The molecule has 0 saturated heterocycles. The molecular formula is C20H26N2O3S. The second-order valence-corrected chi connectivity index (χ2v) is 6.46. The Morgan fingerprint density at radius 3 is 2.73 bits per heavy atom. The summed E-state index contributed by atoms with van der Waals surface area (Å²) in [7, 11) is 3.16. The number of hydrogen-bond acceptors (Lipinski definition) is 4. The number of methoxy groups -OCH3 is 2. The van der Waals surface area contributed by atoms with E-state index in [1.165, 1.54) is 37.3 Å². The maximum Gasteiger partial charge on any atom is 0.250 e. The molecule has 0 fully saturated rings. The summed E-state index contributed by atoms with van der Waals surface area (Å²) in [5, 5.41) is 6.09. The van der Waals surface area contributed by atoms with E-state index in [4.69, 9.17) is 21.7 Å². The van der Waals surface area contributed by atoms with E-state index in [1.807, 2.05) is 6.07 Å². The quantitative estimate of drug-likeness (QED) is 0.434. The summed E-state index contributed by atoms with van der Waals surface area (Å²) in [4.78, 5) is 12.0. The van der Waals surface area contributed by atoms with Gasteiger partial charge in [0.1, 0.15) is 0 Å². The third kappa shape index (κ3) is 6.52. The van der Waals surface area contributed by atoms with Crippen LogP contribution in [0.4, 0.5) is 0 Å². The Balaban J connectivity index is 1.77. The number of ether oxygens (including phenoxy) is 2. The highest BCUT2D eigenvalue weighted by Crippen LogP contribution is 2.27. The van der Waals surface area contributed by atoms with E-state index in [0.717, 1.165) is 18.5 Å². The Labute approximate surface area is 160 Å². The predicted octanol–water partition coefficient (Wildman–Crippen LogP) is 3.60. The van der Waals surface area contributed by atoms with Gasteiger partial charge in [-0.2, -0.15) is 0 Å². The number of hydrogen-bond donors (Lipinski definition) is 2. The second kappa shape index (κ2) is 10.6. The molecule has 5 nitrogen and oxygen atoms in total. The minimum atomic E-state index is -0.269. The van der Waals surface area contributed by atoms with Gasteiger partial charge in [0.05, 0.1) is 14.2 Å². The van der Waals surface area contributed by atoms with Crippen LogP contribution in [0.5, 0.6) is 11.5 Å². The van der Waals surface area contributed by atoms with Gasteiger partial charge in [-0.25, -0.2) is 0 Å². The van der Waals surface area contributed by atoms with E-state index in [1.54, 1.807) is 32.4 Å². The standard InChI is InChI=1S/C20H26N2O3S/c1-24-17-10-8-16(14-18(17)25-2)9-11-19(23)22-20(26)21-13-12-15-6-4-3-5-7-15/h6,8-11,14H,3-5,7,12-13H2,1-2H3,(H2,21,22,23,26)/b11-9+. The van der Waals surface area contributed by atoms with E-state index < -0.39 is 0 Å². The zero-order chi connectivity index (χ0) is 18.8. The van der Waals surface area contributed by atoms with Crippen LogP contribution in [-0.2, 0) is 4.79 Å². The molecule has 140 valence electrons. The van der Waals surface area contributed by atoms with Crippen LogP contribution in [0.2, 0.25) is 0 Å². The van der Waals surface area contributed by atoms with Crippen LogP contribution in [0.15, 0.2) is 35.9 Å². The molecule has 0 unspecified atom stereocenters. The summed E-state index contributed by atoms with van der Waals surface area (Å²) in [6.45, 7) is 0.740. The van der Waals surface area contributed by atoms with Gasteiger partial charge in [-0.1, -0.05) is 17.7 Å². The molecule has 2 rings (SSSR count). The fourth-order valence-electron chi connectivity index (χ4n) is 2.79. The Hall–Kier alpha value is -2.34. The van der Waals surface area contributed by atoms with Gasteiger partial charge in [0.2, 0.25) is 5.91 Å². The summed E-state index contributed by atoms with van der Waals surface area (Å²) in [5.41, 5.74) is 2.31. The highest BCUT2D eigenvalue weighted by molar-refractivity contribution is 7.80. The zero-order valence-electron chi connectivity index (χ0n) is 15.3. The molecule has 2 N–H and O–H groups in total. The molecule has 0 heterocycles. The third-order valence-corrected chi connectivity index (χ3v) is 4.43. The van der Waals surface area contributed by atoms with Crippen molar-refractivity contribution in [1.82, 2.24) is 10.6 Å². The summed E-state index contributed by atoms with van der Waals surface area (Å²) < 4.78 is 10.4. The molecule has 1 aliphatic carbocycles. The predicted molar refractivity (Wildman–Crippen MR) is 108 cm³/mol. The van der Waals surface area contributed by atoms with Gasteiger partial charge in [-0.15, -0.1) is 0 Å². The van der Waals surface area contributed by atoms with Gasteiger partial charge >= 0.3 is 0 Å². The van der Waals surface area contributed by atoms with Crippen LogP contribution in [0, 0.1) is 0 Å². The SMILES string of the molecule is COc1ccc(/C=C/C(=O)NC(=S)NCCC2=CCCCC2)cc1OC. The third-order valence-electron chi connectivity index (χ3n) is 4.19. The van der Waals surface area contributed by atoms with Crippen molar-refractivity contribution in [2.24, 2.45) is 0 Å². The number of nitrogens with one attached hydrogen (secondary N) is 2. The van der Waals surface area contributed by atoms with E-state index >= 15 is 0 Å². The van der Waals surface area contributed by atoms with Gasteiger partial charge in [-0.05, 0) is 68.1 Å². The lowest BCUT2D eigenvalue weighted by Gasteiger charge is -2.13. The van der Waals surface area contributed by atoms with Crippen LogP contribution >= 0.6 is 12.2 Å². The molecule has 1 amide bonds. The number of carbonyl (C=O) groups is 1. The normalized spacial score (nSPS) is 13.8. The Bertz CT molecular complexity index is 698. The topological polar surface area (TPSA) is 59.6 Å². The highest BCUT2D eigenvalue weighted by Gasteiger charge is 2.06. The van der Waals surface area contributed by atoms with Gasteiger partial charge in [0.25, 0.3) is 0 Å². The lowest BCUT2D eigenvalue weighted by Crippen LogP contribution is -2.38. The molecule has 0 aliphatic heterocycles. The number of amides is 1. The lowest BCUT2D eigenvalue weighted by atomic mass is 9.97. The first-order valence-electron chi connectivity index (χ1n) is 8.79. The number of rotatable bonds is 7. The van der Waals surface area contributed by atoms with Crippen molar-refractivity contribution >= 4 is 29.3 Å². The number of allylic oxidation sites excluding steroid dienone is 1. The molecule has 1 aromatic carbocycles. The molecular weight excluding hydrogens is 348 g/mol. The summed E-state index contributed by atoms with van der Waals surface area (Å²) in [6.07, 6.45) is 11.3. The van der Waals surface area contributed by atoms with E-state index in [0.29, 0.717) is 16.6 Å². The molecule has 0 saturated carbocycles. The molecule has 0 atom stereocenters. The average Bonchev–Trinajstić information content (AvgIpc) is 2.67. The van der Waals surface area contributed by atoms with Gasteiger partial charge in [0, 0.05) is 12.6 Å². The Morgan fingerprint density at radius 2 is 2.04 bits per heavy atom. The van der Waals surface area contributed by atoms with Crippen molar-refractivity contribution in [2.75, 3.05) is 20.8 Å². The fraction of sp³-hybridized carbons (Fsp3) is 0.400. The molecule has 0 radical (unpaired) electrons. The van der Waals surface area contributed by atoms with Crippen molar-refractivity contribution < 1.29 is 14.3 Å². The maximum absolute atomic E-state index is 12.0. The monoisotopic (exact) mass is 374 g/mol. The molecule has 1 aliphatic rings. The Kier molecular flexibility index (Phi) is 8.15. The second-order valence-electron chi connectivity index (χ2n) is 6.05. The lowest BCUT2D eigenvalue weighted by molar-refractivity contribution is -0.115. The van der Waals surface area contributed by atoms with Gasteiger partial charge < -0.3 is 14.8 Å². The zero-order valence-corrected chi connectivity index (χ0v) is 16.2. The summed E-state index contributed by atoms with van der Waals surface area (Å²) >= 11 is 5.17. The highest BCUT2D eigenvalue weighted by atomic mass is 32.1. The van der Waals surface area contributed by atoms with Crippen molar-refractivity contribution in [3.63, 3.8) is 0 Å². The summed E-state index contributed by atoms with van der Waals surface area (Å²) in [6, 6.07) is 5.44. The fourth-order valence-corrected chi connectivity index (χ4v) is 3.00. The number of thiocarbonyl (C=S) groups is 1. The maximum atomic E-state index is 12.0. The van der Waals surface area contributed by atoms with Crippen LogP contribution in [-0.4, -0.2) is 31.8 Å². The molecule has 0 bridgehead atoms.